The quantitative estimate of drug-likeness (QED) is 0.880. The first-order valence-corrected chi connectivity index (χ1v) is 7.84. The van der Waals surface area contributed by atoms with E-state index >= 15 is 0 Å². The molecule has 0 radical (unpaired) electrons. The van der Waals surface area contributed by atoms with Crippen molar-refractivity contribution in [3.8, 4) is 0 Å². The Morgan fingerprint density at radius 2 is 1.70 bits per heavy atom. The van der Waals surface area contributed by atoms with E-state index < -0.39 is 0 Å². The summed E-state index contributed by atoms with van der Waals surface area (Å²) in [6.45, 7) is 10.0. The van der Waals surface area contributed by atoms with E-state index in [1.165, 1.54) is 41.5 Å². The molecule has 2 heteroatoms. The molecular weight excluding hydrogens is 244 g/mol. The Morgan fingerprint density at radius 1 is 1.15 bits per heavy atom. The molecule has 0 saturated heterocycles. The van der Waals surface area contributed by atoms with Crippen molar-refractivity contribution < 1.29 is 0 Å². The zero-order valence-electron chi connectivity index (χ0n) is 14.0. The van der Waals surface area contributed by atoms with Gasteiger partial charge in [-0.05, 0) is 77.7 Å². The molecule has 1 aliphatic rings. The Balaban J connectivity index is 2.07. The van der Waals surface area contributed by atoms with Gasteiger partial charge in [-0.15, -0.1) is 0 Å². The van der Waals surface area contributed by atoms with Crippen LogP contribution in [0.4, 0.5) is 0 Å². The van der Waals surface area contributed by atoms with Gasteiger partial charge in [0.25, 0.3) is 0 Å². The van der Waals surface area contributed by atoms with Gasteiger partial charge in [0.05, 0.1) is 0 Å². The third-order valence-electron chi connectivity index (χ3n) is 5.14. The van der Waals surface area contributed by atoms with E-state index in [0.717, 1.165) is 6.54 Å². The van der Waals surface area contributed by atoms with Gasteiger partial charge >= 0.3 is 0 Å². The van der Waals surface area contributed by atoms with E-state index in [9.17, 15) is 0 Å². The first kappa shape index (κ1) is 15.5. The molecule has 0 heterocycles. The molecule has 1 saturated carbocycles. The molecule has 0 spiro atoms. The summed E-state index contributed by atoms with van der Waals surface area (Å²) in [4.78, 5) is 2.41. The number of nitrogens with zero attached hydrogens (tertiary/aromatic N) is 1. The lowest BCUT2D eigenvalue weighted by atomic mass is 9.75. The Labute approximate surface area is 124 Å². The lowest BCUT2D eigenvalue weighted by Gasteiger charge is -2.48. The maximum Gasteiger partial charge on any atom is 0.0328 e. The summed E-state index contributed by atoms with van der Waals surface area (Å²) < 4.78 is 0. The molecule has 112 valence electrons. The summed E-state index contributed by atoms with van der Waals surface area (Å²) in [7, 11) is 4.43. The van der Waals surface area contributed by atoms with E-state index in [0.29, 0.717) is 11.6 Å². The number of hydrogen-bond acceptors (Lipinski definition) is 2. The van der Waals surface area contributed by atoms with E-state index in [1.54, 1.807) is 0 Å². The maximum absolute atomic E-state index is 3.78. The van der Waals surface area contributed by atoms with Crippen LogP contribution in [-0.2, 0) is 0 Å². The largest absolute Gasteiger partial charge is 0.308 e. The number of hydrogen-bond donors (Lipinski definition) is 1. The molecule has 20 heavy (non-hydrogen) atoms. The van der Waals surface area contributed by atoms with Crippen LogP contribution in [0.1, 0.15) is 54.5 Å². The average Bonchev–Trinajstić information content (AvgIpc) is 2.25. The predicted octanol–water partition coefficient (Wildman–Crippen LogP) is 3.75. The summed E-state index contributed by atoms with van der Waals surface area (Å²) in [6, 6.07) is 5.02. The second-order valence-electron chi connectivity index (χ2n) is 6.89. The van der Waals surface area contributed by atoms with E-state index in [4.69, 9.17) is 0 Å². The SMILES string of the molecule is Cc1cc(C)c(C(C)NCC2(N(C)C)CCC2)c(C)c1. The van der Waals surface area contributed by atoms with Crippen LogP contribution in [-0.4, -0.2) is 31.1 Å². The molecule has 0 aromatic heterocycles. The van der Waals surface area contributed by atoms with E-state index in [2.05, 4.69) is 64.1 Å². The van der Waals surface area contributed by atoms with Crippen molar-refractivity contribution in [2.75, 3.05) is 20.6 Å². The number of likely N-dealkylation sites (N-methyl/N-ethyl adjacent to an activating group) is 1. The fourth-order valence-corrected chi connectivity index (χ4v) is 3.69. The van der Waals surface area contributed by atoms with Crippen molar-refractivity contribution in [3.05, 3.63) is 34.4 Å². The zero-order valence-corrected chi connectivity index (χ0v) is 14.0. The van der Waals surface area contributed by atoms with Crippen LogP contribution in [0.3, 0.4) is 0 Å². The van der Waals surface area contributed by atoms with Crippen LogP contribution >= 0.6 is 0 Å². The molecule has 1 fully saturated rings. The monoisotopic (exact) mass is 274 g/mol. The van der Waals surface area contributed by atoms with Gasteiger partial charge in [0, 0.05) is 18.1 Å². The summed E-state index contributed by atoms with van der Waals surface area (Å²) >= 11 is 0. The second kappa shape index (κ2) is 5.87. The number of nitrogens with one attached hydrogen (secondary N) is 1. The number of aryl methyl sites for hydroxylation is 3. The van der Waals surface area contributed by atoms with Crippen molar-refractivity contribution in [2.24, 2.45) is 0 Å². The molecule has 1 atom stereocenters. The highest BCUT2D eigenvalue weighted by molar-refractivity contribution is 5.39. The van der Waals surface area contributed by atoms with Gasteiger partial charge in [0.15, 0.2) is 0 Å². The molecule has 1 N–H and O–H groups in total. The van der Waals surface area contributed by atoms with Crippen LogP contribution in [0.2, 0.25) is 0 Å². The summed E-state index contributed by atoms with van der Waals surface area (Å²) in [5.74, 6) is 0. The average molecular weight is 274 g/mol. The number of benzene rings is 1. The normalized spacial score (nSPS) is 18.9. The standard InChI is InChI=1S/C18H30N2/c1-13-10-14(2)17(15(3)11-13)16(4)19-12-18(20(5)6)8-7-9-18/h10-11,16,19H,7-9,12H2,1-6H3. The summed E-state index contributed by atoms with van der Waals surface area (Å²) in [5.41, 5.74) is 6.05. The molecule has 1 aromatic rings. The minimum Gasteiger partial charge on any atom is -0.308 e. The molecule has 2 nitrogen and oxygen atoms in total. The molecule has 0 bridgehead atoms. The van der Waals surface area contributed by atoms with Crippen LogP contribution in [0, 0.1) is 20.8 Å². The van der Waals surface area contributed by atoms with Crippen molar-refractivity contribution in [1.29, 1.82) is 0 Å². The third-order valence-corrected chi connectivity index (χ3v) is 5.14. The molecule has 1 aliphatic carbocycles. The predicted molar refractivity (Wildman–Crippen MR) is 87.3 cm³/mol. The van der Waals surface area contributed by atoms with Gasteiger partial charge in [0.2, 0.25) is 0 Å². The van der Waals surface area contributed by atoms with Gasteiger partial charge in [0.1, 0.15) is 0 Å². The van der Waals surface area contributed by atoms with Crippen molar-refractivity contribution >= 4 is 0 Å². The molecule has 1 unspecified atom stereocenters. The Morgan fingerprint density at radius 3 is 2.10 bits per heavy atom. The molecule has 1 aromatic carbocycles. The van der Waals surface area contributed by atoms with Crippen molar-refractivity contribution in [1.82, 2.24) is 10.2 Å². The minimum absolute atomic E-state index is 0.390. The molecule has 0 amide bonds. The second-order valence-corrected chi connectivity index (χ2v) is 6.89. The highest BCUT2D eigenvalue weighted by Crippen LogP contribution is 2.36. The van der Waals surface area contributed by atoms with Gasteiger partial charge in [-0.1, -0.05) is 17.7 Å². The highest BCUT2D eigenvalue weighted by atomic mass is 15.2. The van der Waals surface area contributed by atoms with E-state index in [1.807, 2.05) is 0 Å². The highest BCUT2D eigenvalue weighted by Gasteiger charge is 2.38. The fourth-order valence-electron chi connectivity index (χ4n) is 3.69. The van der Waals surface area contributed by atoms with Crippen LogP contribution in [0.15, 0.2) is 12.1 Å². The van der Waals surface area contributed by atoms with E-state index in [-0.39, 0.29) is 0 Å². The summed E-state index contributed by atoms with van der Waals surface area (Å²) in [6.07, 6.45) is 4.02. The smallest absolute Gasteiger partial charge is 0.0328 e. The number of rotatable bonds is 5. The zero-order chi connectivity index (χ0) is 14.9. The van der Waals surface area contributed by atoms with Gasteiger partial charge < -0.3 is 10.2 Å². The van der Waals surface area contributed by atoms with Crippen molar-refractivity contribution in [2.45, 2.75) is 58.5 Å². The van der Waals surface area contributed by atoms with Gasteiger partial charge in [-0.2, -0.15) is 0 Å². The third kappa shape index (κ3) is 2.91. The van der Waals surface area contributed by atoms with Crippen LogP contribution in [0.25, 0.3) is 0 Å². The summed E-state index contributed by atoms with van der Waals surface area (Å²) in [5, 5.41) is 3.78. The van der Waals surface area contributed by atoms with Gasteiger partial charge in [-0.3, -0.25) is 0 Å². The minimum atomic E-state index is 0.390. The fraction of sp³-hybridized carbons (Fsp3) is 0.667. The van der Waals surface area contributed by atoms with Gasteiger partial charge in [-0.25, -0.2) is 0 Å². The molecule has 2 rings (SSSR count). The Kier molecular flexibility index (Phi) is 4.55. The molecular formula is C18H30N2. The Hall–Kier alpha value is -0.860. The first-order valence-electron chi connectivity index (χ1n) is 7.84. The van der Waals surface area contributed by atoms with Crippen LogP contribution in [0.5, 0.6) is 0 Å². The first-order chi connectivity index (χ1) is 9.35. The van der Waals surface area contributed by atoms with Crippen LogP contribution < -0.4 is 5.32 Å². The maximum atomic E-state index is 3.78. The van der Waals surface area contributed by atoms with Crippen molar-refractivity contribution in [3.63, 3.8) is 0 Å². The lowest BCUT2D eigenvalue weighted by molar-refractivity contribution is 0.0576. The lowest BCUT2D eigenvalue weighted by Crippen LogP contribution is -2.56. The molecule has 0 aliphatic heterocycles. The topological polar surface area (TPSA) is 15.3 Å². The Bertz CT molecular complexity index is 449.